The molecule has 0 radical (unpaired) electrons. The Morgan fingerprint density at radius 2 is 2.20 bits per heavy atom. The summed E-state index contributed by atoms with van der Waals surface area (Å²) in [5.41, 5.74) is 0.0651. The summed E-state index contributed by atoms with van der Waals surface area (Å²) in [7, 11) is 0. The van der Waals surface area contributed by atoms with Crippen molar-refractivity contribution in [1.29, 1.82) is 0 Å². The molecule has 0 atom stereocenters. The third kappa shape index (κ3) is 1.41. The minimum Gasteiger partial charge on any atom is -0.478 e. The lowest BCUT2D eigenvalue weighted by molar-refractivity contribution is -0.384. The van der Waals surface area contributed by atoms with E-state index in [1.165, 1.54) is 18.2 Å². The number of carboxylic acids is 1. The molecule has 0 aliphatic heterocycles. The van der Waals surface area contributed by atoms with Gasteiger partial charge in [-0.1, -0.05) is 0 Å². The number of hydrogen-bond acceptors (Lipinski definition) is 4. The first-order valence-corrected chi connectivity index (χ1v) is 3.98. The van der Waals surface area contributed by atoms with E-state index in [0.29, 0.717) is 5.39 Å². The van der Waals surface area contributed by atoms with Gasteiger partial charge in [-0.25, -0.2) is 4.79 Å². The van der Waals surface area contributed by atoms with Crippen LogP contribution in [0.25, 0.3) is 11.0 Å². The average Bonchev–Trinajstić information content (AvgIpc) is 2.59. The number of carboxylic acid groups (broad SMARTS) is 1. The van der Waals surface area contributed by atoms with Gasteiger partial charge in [0.05, 0.1) is 11.0 Å². The summed E-state index contributed by atoms with van der Waals surface area (Å²) in [6.45, 7) is 0. The van der Waals surface area contributed by atoms with Gasteiger partial charge in [-0.3, -0.25) is 10.1 Å². The Kier molecular flexibility index (Phi) is 1.89. The lowest BCUT2D eigenvalue weighted by Gasteiger charge is -1.91. The number of fused-ring (bicyclic) bond motifs is 1. The molecule has 0 unspecified atom stereocenters. The minimum atomic E-state index is -1.12. The fourth-order valence-electron chi connectivity index (χ4n) is 1.30. The van der Waals surface area contributed by atoms with E-state index in [0.717, 1.165) is 6.26 Å². The van der Waals surface area contributed by atoms with Crippen LogP contribution in [0.2, 0.25) is 0 Å². The maximum atomic E-state index is 10.7. The molecule has 0 saturated carbocycles. The SMILES string of the molecule is O=C(O)c1coc2cc([N+](=O)[O-])ccc12. The molecular formula is C9H5NO5. The second-order valence-corrected chi connectivity index (χ2v) is 2.89. The Labute approximate surface area is 82.9 Å². The molecule has 6 nitrogen and oxygen atoms in total. The molecule has 1 aromatic heterocycles. The van der Waals surface area contributed by atoms with Crippen LogP contribution in [0.1, 0.15) is 10.4 Å². The van der Waals surface area contributed by atoms with E-state index < -0.39 is 10.9 Å². The van der Waals surface area contributed by atoms with Crippen molar-refractivity contribution < 1.29 is 19.2 Å². The van der Waals surface area contributed by atoms with Gasteiger partial charge in [-0.2, -0.15) is 0 Å². The molecule has 1 heterocycles. The van der Waals surface area contributed by atoms with Crippen LogP contribution in [0, 0.1) is 10.1 Å². The van der Waals surface area contributed by atoms with Crippen molar-refractivity contribution >= 4 is 22.6 Å². The van der Waals surface area contributed by atoms with E-state index in [9.17, 15) is 14.9 Å². The van der Waals surface area contributed by atoms with Gasteiger partial charge in [-0.05, 0) is 6.07 Å². The highest BCUT2D eigenvalue weighted by molar-refractivity contribution is 6.02. The van der Waals surface area contributed by atoms with E-state index in [1.54, 1.807) is 0 Å². The number of nitrogens with zero attached hydrogens (tertiary/aromatic N) is 1. The third-order valence-corrected chi connectivity index (χ3v) is 2.00. The Hall–Kier alpha value is -2.37. The molecule has 0 saturated heterocycles. The Bertz CT molecular complexity index is 557. The van der Waals surface area contributed by atoms with Crippen molar-refractivity contribution in [3.05, 3.63) is 40.1 Å². The number of nitro groups is 1. The largest absolute Gasteiger partial charge is 0.478 e. The number of non-ortho nitro benzene ring substituents is 1. The van der Waals surface area contributed by atoms with E-state index in [1.807, 2.05) is 0 Å². The summed E-state index contributed by atoms with van der Waals surface area (Å²) >= 11 is 0. The van der Waals surface area contributed by atoms with Crippen molar-refractivity contribution in [1.82, 2.24) is 0 Å². The van der Waals surface area contributed by atoms with E-state index >= 15 is 0 Å². The molecule has 1 aromatic carbocycles. The smallest absolute Gasteiger partial charge is 0.339 e. The Morgan fingerprint density at radius 1 is 1.47 bits per heavy atom. The number of nitro benzene ring substituents is 1. The van der Waals surface area contributed by atoms with Crippen LogP contribution in [0.15, 0.2) is 28.9 Å². The van der Waals surface area contributed by atoms with Gasteiger partial charge >= 0.3 is 5.97 Å². The molecule has 0 bridgehead atoms. The van der Waals surface area contributed by atoms with Gasteiger partial charge in [-0.15, -0.1) is 0 Å². The van der Waals surface area contributed by atoms with Gasteiger partial charge in [0.1, 0.15) is 17.4 Å². The summed E-state index contributed by atoms with van der Waals surface area (Å²) in [4.78, 5) is 20.6. The molecule has 15 heavy (non-hydrogen) atoms. The zero-order chi connectivity index (χ0) is 11.0. The number of carbonyl (C=O) groups is 1. The second kappa shape index (κ2) is 3.09. The summed E-state index contributed by atoms with van der Waals surface area (Å²) in [5, 5.41) is 19.5. The van der Waals surface area contributed by atoms with Crippen LogP contribution in [0.3, 0.4) is 0 Å². The quantitative estimate of drug-likeness (QED) is 0.600. The van der Waals surface area contributed by atoms with Crippen LogP contribution in [0.4, 0.5) is 5.69 Å². The first-order chi connectivity index (χ1) is 7.09. The third-order valence-electron chi connectivity index (χ3n) is 2.00. The predicted molar refractivity (Wildman–Crippen MR) is 49.8 cm³/mol. The zero-order valence-corrected chi connectivity index (χ0v) is 7.34. The standard InChI is InChI=1S/C9H5NO5/c11-9(12)7-4-15-8-3-5(10(13)14)1-2-6(7)8/h1-4H,(H,11,12). The molecule has 0 fully saturated rings. The normalized spacial score (nSPS) is 10.4. The average molecular weight is 207 g/mol. The van der Waals surface area contributed by atoms with Crippen LogP contribution >= 0.6 is 0 Å². The van der Waals surface area contributed by atoms with Crippen molar-refractivity contribution in [2.24, 2.45) is 0 Å². The molecule has 0 aliphatic carbocycles. The second-order valence-electron chi connectivity index (χ2n) is 2.89. The number of aromatic carboxylic acids is 1. The number of rotatable bonds is 2. The summed E-state index contributed by atoms with van der Waals surface area (Å²) in [6, 6.07) is 3.80. The van der Waals surface area contributed by atoms with Gasteiger partial charge in [0.2, 0.25) is 0 Å². The van der Waals surface area contributed by atoms with Crippen LogP contribution in [0.5, 0.6) is 0 Å². The van der Waals surface area contributed by atoms with Crippen molar-refractivity contribution in [3.63, 3.8) is 0 Å². The van der Waals surface area contributed by atoms with E-state index in [2.05, 4.69) is 0 Å². The van der Waals surface area contributed by atoms with E-state index in [-0.39, 0.29) is 16.8 Å². The highest BCUT2D eigenvalue weighted by Crippen LogP contribution is 2.25. The number of benzene rings is 1. The van der Waals surface area contributed by atoms with Crippen molar-refractivity contribution in [3.8, 4) is 0 Å². The first-order valence-electron chi connectivity index (χ1n) is 3.98. The number of furan rings is 1. The lowest BCUT2D eigenvalue weighted by atomic mass is 10.1. The molecule has 2 aromatic rings. The molecule has 1 N–H and O–H groups in total. The Balaban J connectivity index is 2.66. The molecule has 0 spiro atoms. The van der Waals surface area contributed by atoms with Crippen molar-refractivity contribution in [2.75, 3.05) is 0 Å². The Morgan fingerprint density at radius 3 is 2.80 bits per heavy atom. The predicted octanol–water partition coefficient (Wildman–Crippen LogP) is 2.04. The fraction of sp³-hybridized carbons (Fsp3) is 0. The minimum absolute atomic E-state index is 0.0000945. The highest BCUT2D eigenvalue weighted by Gasteiger charge is 2.15. The molecule has 0 amide bonds. The van der Waals surface area contributed by atoms with E-state index in [4.69, 9.17) is 9.52 Å². The topological polar surface area (TPSA) is 93.6 Å². The number of hydrogen-bond donors (Lipinski definition) is 1. The first kappa shape index (κ1) is 9.20. The maximum Gasteiger partial charge on any atom is 0.339 e. The highest BCUT2D eigenvalue weighted by atomic mass is 16.6. The summed E-state index contributed by atoms with van der Waals surface area (Å²) in [6.07, 6.45) is 1.07. The molecule has 76 valence electrons. The molecular weight excluding hydrogens is 202 g/mol. The lowest BCUT2D eigenvalue weighted by Crippen LogP contribution is -1.93. The van der Waals surface area contributed by atoms with Crippen LogP contribution < -0.4 is 0 Å². The van der Waals surface area contributed by atoms with Gasteiger partial charge in [0.15, 0.2) is 0 Å². The molecule has 0 aliphatic rings. The fourth-order valence-corrected chi connectivity index (χ4v) is 1.30. The van der Waals surface area contributed by atoms with Crippen LogP contribution in [-0.2, 0) is 0 Å². The zero-order valence-electron chi connectivity index (χ0n) is 7.34. The molecule has 6 heteroatoms. The monoisotopic (exact) mass is 207 g/mol. The van der Waals surface area contributed by atoms with Crippen molar-refractivity contribution in [2.45, 2.75) is 0 Å². The van der Waals surface area contributed by atoms with Gasteiger partial charge in [0, 0.05) is 11.5 Å². The maximum absolute atomic E-state index is 10.7. The van der Waals surface area contributed by atoms with Gasteiger partial charge in [0.25, 0.3) is 5.69 Å². The molecule has 2 rings (SSSR count). The summed E-state index contributed by atoms with van der Waals surface area (Å²) < 4.78 is 4.92. The van der Waals surface area contributed by atoms with Crippen LogP contribution in [-0.4, -0.2) is 16.0 Å². The summed E-state index contributed by atoms with van der Waals surface area (Å²) in [5.74, 6) is -1.12. The van der Waals surface area contributed by atoms with Gasteiger partial charge < -0.3 is 9.52 Å².